The Balaban J connectivity index is 2.67. The Hall–Kier alpha value is -0.0900. The topological polar surface area (TPSA) is 38.0 Å². The average Bonchev–Trinajstić information content (AvgIpc) is 2.38. The van der Waals surface area contributed by atoms with Crippen molar-refractivity contribution in [2.24, 2.45) is 11.7 Å². The fourth-order valence-electron chi connectivity index (χ4n) is 1.95. The van der Waals surface area contributed by atoms with E-state index in [0.717, 1.165) is 22.0 Å². The van der Waals surface area contributed by atoms with Crippen LogP contribution in [-0.2, 0) is 0 Å². The van der Waals surface area contributed by atoms with Crippen LogP contribution in [0.15, 0.2) is 22.7 Å². The standard InChI is InChI=1S/C14H22BrClN2/c1-3-10(4-2)9-18-14(8-17)11-5-6-13(16)12(15)7-11/h5-7,10,14,18H,3-4,8-9,17H2,1-2H3. The number of nitrogens with one attached hydrogen (secondary N) is 1. The molecule has 2 nitrogen and oxygen atoms in total. The molecule has 0 fully saturated rings. The lowest BCUT2D eigenvalue weighted by molar-refractivity contribution is 0.414. The lowest BCUT2D eigenvalue weighted by Gasteiger charge is -2.21. The van der Waals surface area contributed by atoms with E-state index in [0.29, 0.717) is 6.54 Å². The summed E-state index contributed by atoms with van der Waals surface area (Å²) in [6.07, 6.45) is 2.40. The molecule has 0 saturated carbocycles. The van der Waals surface area contributed by atoms with E-state index in [1.807, 2.05) is 18.2 Å². The van der Waals surface area contributed by atoms with E-state index in [2.05, 4.69) is 35.1 Å². The second-order valence-corrected chi connectivity index (χ2v) is 5.81. The van der Waals surface area contributed by atoms with Crippen LogP contribution in [0.25, 0.3) is 0 Å². The zero-order valence-electron chi connectivity index (χ0n) is 11.0. The average molecular weight is 334 g/mol. The van der Waals surface area contributed by atoms with Gasteiger partial charge in [0, 0.05) is 17.1 Å². The van der Waals surface area contributed by atoms with Crippen LogP contribution >= 0.6 is 27.5 Å². The van der Waals surface area contributed by atoms with Gasteiger partial charge in [0.2, 0.25) is 0 Å². The lowest BCUT2D eigenvalue weighted by atomic mass is 10.0. The van der Waals surface area contributed by atoms with Crippen molar-refractivity contribution in [2.75, 3.05) is 13.1 Å². The van der Waals surface area contributed by atoms with Crippen molar-refractivity contribution in [2.45, 2.75) is 32.7 Å². The van der Waals surface area contributed by atoms with Crippen molar-refractivity contribution < 1.29 is 0 Å². The van der Waals surface area contributed by atoms with Gasteiger partial charge < -0.3 is 11.1 Å². The molecule has 0 heterocycles. The SMILES string of the molecule is CCC(CC)CNC(CN)c1ccc(Cl)c(Br)c1. The largest absolute Gasteiger partial charge is 0.329 e. The molecule has 1 aromatic carbocycles. The first kappa shape index (κ1) is 16.0. The third-order valence-corrected chi connectivity index (χ3v) is 4.60. The summed E-state index contributed by atoms with van der Waals surface area (Å²) in [6.45, 7) is 6.06. The first-order valence-electron chi connectivity index (χ1n) is 6.50. The first-order valence-corrected chi connectivity index (χ1v) is 7.67. The van der Waals surface area contributed by atoms with Crippen LogP contribution in [0.1, 0.15) is 38.3 Å². The molecular formula is C14H22BrClN2. The summed E-state index contributed by atoms with van der Waals surface area (Å²) >= 11 is 9.45. The molecule has 0 amide bonds. The summed E-state index contributed by atoms with van der Waals surface area (Å²) in [6, 6.07) is 6.17. The minimum atomic E-state index is 0.194. The van der Waals surface area contributed by atoms with Gasteiger partial charge in [-0.2, -0.15) is 0 Å². The number of hydrogen-bond donors (Lipinski definition) is 2. The fourth-order valence-corrected chi connectivity index (χ4v) is 2.47. The quantitative estimate of drug-likeness (QED) is 0.787. The van der Waals surface area contributed by atoms with Gasteiger partial charge in [-0.1, -0.05) is 44.4 Å². The van der Waals surface area contributed by atoms with Gasteiger partial charge in [0.05, 0.1) is 5.02 Å². The molecule has 3 N–H and O–H groups in total. The molecule has 0 aromatic heterocycles. The predicted molar refractivity (Wildman–Crippen MR) is 83.0 cm³/mol. The molecule has 1 atom stereocenters. The maximum Gasteiger partial charge on any atom is 0.0548 e. The van der Waals surface area contributed by atoms with Gasteiger partial charge in [-0.25, -0.2) is 0 Å². The summed E-state index contributed by atoms with van der Waals surface area (Å²) in [7, 11) is 0. The van der Waals surface area contributed by atoms with Crippen LogP contribution in [-0.4, -0.2) is 13.1 Å². The highest BCUT2D eigenvalue weighted by molar-refractivity contribution is 9.10. The zero-order valence-corrected chi connectivity index (χ0v) is 13.4. The maximum atomic E-state index is 6.00. The molecule has 18 heavy (non-hydrogen) atoms. The van der Waals surface area contributed by atoms with Gasteiger partial charge in [-0.05, 0) is 46.1 Å². The van der Waals surface area contributed by atoms with Crippen molar-refractivity contribution in [3.8, 4) is 0 Å². The van der Waals surface area contributed by atoms with Gasteiger partial charge in [0.15, 0.2) is 0 Å². The molecule has 4 heteroatoms. The van der Waals surface area contributed by atoms with E-state index in [-0.39, 0.29) is 6.04 Å². The molecular weight excluding hydrogens is 312 g/mol. The van der Waals surface area contributed by atoms with Crippen molar-refractivity contribution in [1.82, 2.24) is 5.32 Å². The number of halogens is 2. The Labute approximate surface area is 123 Å². The monoisotopic (exact) mass is 332 g/mol. The first-order chi connectivity index (χ1) is 8.62. The van der Waals surface area contributed by atoms with Gasteiger partial charge in [-0.15, -0.1) is 0 Å². The smallest absolute Gasteiger partial charge is 0.0548 e. The van der Waals surface area contributed by atoms with E-state index < -0.39 is 0 Å². The van der Waals surface area contributed by atoms with Gasteiger partial charge in [0.1, 0.15) is 0 Å². The second-order valence-electron chi connectivity index (χ2n) is 4.55. The summed E-state index contributed by atoms with van der Waals surface area (Å²) in [5, 5.41) is 4.28. The number of rotatable bonds is 7. The highest BCUT2D eigenvalue weighted by Crippen LogP contribution is 2.26. The van der Waals surface area contributed by atoms with E-state index >= 15 is 0 Å². The van der Waals surface area contributed by atoms with Gasteiger partial charge in [0.25, 0.3) is 0 Å². The Morgan fingerprint density at radius 2 is 2.00 bits per heavy atom. The molecule has 1 aromatic rings. The van der Waals surface area contributed by atoms with E-state index in [1.165, 1.54) is 18.4 Å². The lowest BCUT2D eigenvalue weighted by Crippen LogP contribution is -2.32. The molecule has 0 aliphatic rings. The molecule has 102 valence electrons. The second kappa shape index (κ2) is 8.16. The normalized spacial score (nSPS) is 13.0. The zero-order chi connectivity index (χ0) is 13.5. The van der Waals surface area contributed by atoms with Crippen LogP contribution in [0.4, 0.5) is 0 Å². The molecule has 1 rings (SSSR count). The summed E-state index contributed by atoms with van der Waals surface area (Å²) in [4.78, 5) is 0. The predicted octanol–water partition coefficient (Wildman–Crippen LogP) is 4.13. The molecule has 0 radical (unpaired) electrons. The van der Waals surface area contributed by atoms with Gasteiger partial charge in [-0.3, -0.25) is 0 Å². The molecule has 0 bridgehead atoms. The number of benzene rings is 1. The summed E-state index contributed by atoms with van der Waals surface area (Å²) < 4.78 is 0.921. The number of nitrogens with two attached hydrogens (primary N) is 1. The van der Waals surface area contributed by atoms with Crippen molar-refractivity contribution in [3.05, 3.63) is 33.3 Å². The van der Waals surface area contributed by atoms with E-state index in [9.17, 15) is 0 Å². The van der Waals surface area contributed by atoms with Crippen molar-refractivity contribution in [1.29, 1.82) is 0 Å². The minimum Gasteiger partial charge on any atom is -0.329 e. The Morgan fingerprint density at radius 3 is 2.50 bits per heavy atom. The van der Waals surface area contributed by atoms with E-state index in [1.54, 1.807) is 0 Å². The summed E-state index contributed by atoms with van der Waals surface area (Å²) in [5.41, 5.74) is 7.03. The summed E-state index contributed by atoms with van der Waals surface area (Å²) in [5.74, 6) is 0.717. The molecule has 1 unspecified atom stereocenters. The fraction of sp³-hybridized carbons (Fsp3) is 0.571. The van der Waals surface area contributed by atoms with Crippen molar-refractivity contribution in [3.63, 3.8) is 0 Å². The molecule has 0 saturated heterocycles. The third kappa shape index (κ3) is 4.54. The van der Waals surface area contributed by atoms with Gasteiger partial charge >= 0.3 is 0 Å². The van der Waals surface area contributed by atoms with E-state index in [4.69, 9.17) is 17.3 Å². The minimum absolute atomic E-state index is 0.194. The van der Waals surface area contributed by atoms with Crippen LogP contribution in [0, 0.1) is 5.92 Å². The van der Waals surface area contributed by atoms with Crippen LogP contribution < -0.4 is 11.1 Å². The molecule has 0 aliphatic carbocycles. The van der Waals surface area contributed by atoms with Crippen LogP contribution in [0.5, 0.6) is 0 Å². The van der Waals surface area contributed by atoms with Crippen LogP contribution in [0.2, 0.25) is 5.02 Å². The van der Waals surface area contributed by atoms with Crippen LogP contribution in [0.3, 0.4) is 0 Å². The molecule has 0 spiro atoms. The van der Waals surface area contributed by atoms with Crippen molar-refractivity contribution >= 4 is 27.5 Å². The number of hydrogen-bond acceptors (Lipinski definition) is 2. The Kier molecular flexibility index (Phi) is 7.23. The Morgan fingerprint density at radius 1 is 1.33 bits per heavy atom. The Bertz CT molecular complexity index is 367. The molecule has 0 aliphatic heterocycles. The maximum absolute atomic E-state index is 6.00. The highest BCUT2D eigenvalue weighted by atomic mass is 79.9. The highest BCUT2D eigenvalue weighted by Gasteiger charge is 2.12. The third-order valence-electron chi connectivity index (χ3n) is 3.39.